The summed E-state index contributed by atoms with van der Waals surface area (Å²) in [6, 6.07) is 0.628. The Kier molecular flexibility index (Phi) is 3.63. The van der Waals surface area contributed by atoms with Gasteiger partial charge in [-0.1, -0.05) is 19.3 Å². The van der Waals surface area contributed by atoms with Gasteiger partial charge in [-0.15, -0.1) is 0 Å². The van der Waals surface area contributed by atoms with E-state index in [9.17, 15) is 0 Å². The molecule has 3 heteroatoms. The topological polar surface area (TPSA) is 24.1 Å². The molecule has 0 radical (unpaired) electrons. The van der Waals surface area contributed by atoms with Crippen molar-refractivity contribution in [1.29, 1.82) is 0 Å². The molecule has 0 heterocycles. The average Bonchev–Trinajstić information content (AvgIpc) is 2.06. The van der Waals surface area contributed by atoms with Gasteiger partial charge in [0.25, 0.3) is 0 Å². The fourth-order valence-electron chi connectivity index (χ4n) is 1.50. The molecule has 0 saturated heterocycles. The van der Waals surface area contributed by atoms with Crippen LogP contribution >= 0.6 is 12.2 Å². The third-order valence-electron chi connectivity index (χ3n) is 2.17. The molecule has 1 fully saturated rings. The molecule has 64 valence electrons. The Morgan fingerprint density at radius 1 is 1.27 bits per heavy atom. The first-order valence-electron chi connectivity index (χ1n) is 4.31. The molecule has 1 aliphatic carbocycles. The zero-order valence-corrected chi connectivity index (χ0v) is 7.84. The molecule has 1 saturated carbocycles. The Labute approximate surface area is 73.7 Å². The summed E-state index contributed by atoms with van der Waals surface area (Å²) in [7, 11) is 1.86. The Bertz CT molecular complexity index is 130. The largest absolute Gasteiger partial charge is 0.366 e. The molecule has 11 heavy (non-hydrogen) atoms. The lowest BCUT2D eigenvalue weighted by atomic mass is 9.96. The van der Waals surface area contributed by atoms with E-state index in [0.717, 1.165) is 5.11 Å². The summed E-state index contributed by atoms with van der Waals surface area (Å²) in [5, 5.41) is 7.01. The van der Waals surface area contributed by atoms with E-state index in [1.807, 2.05) is 7.05 Å². The van der Waals surface area contributed by atoms with Gasteiger partial charge in [-0.25, -0.2) is 0 Å². The van der Waals surface area contributed by atoms with E-state index >= 15 is 0 Å². The van der Waals surface area contributed by atoms with Crippen LogP contribution in [0.25, 0.3) is 0 Å². The first-order valence-corrected chi connectivity index (χ1v) is 4.72. The number of thiocarbonyl (C=S) groups is 1. The second kappa shape index (κ2) is 4.54. The molecule has 0 aromatic heterocycles. The second-order valence-electron chi connectivity index (χ2n) is 3.06. The molecule has 2 nitrogen and oxygen atoms in total. The van der Waals surface area contributed by atoms with E-state index in [2.05, 4.69) is 10.6 Å². The molecule has 0 bridgehead atoms. The molecule has 0 aliphatic heterocycles. The second-order valence-corrected chi connectivity index (χ2v) is 3.47. The van der Waals surface area contributed by atoms with Crippen LogP contribution in [-0.4, -0.2) is 18.2 Å². The zero-order chi connectivity index (χ0) is 8.10. The van der Waals surface area contributed by atoms with Gasteiger partial charge in [0.15, 0.2) is 5.11 Å². The summed E-state index contributed by atoms with van der Waals surface area (Å²) in [5.74, 6) is 0. The summed E-state index contributed by atoms with van der Waals surface area (Å²) < 4.78 is 0. The number of rotatable bonds is 1. The van der Waals surface area contributed by atoms with Crippen LogP contribution in [0.5, 0.6) is 0 Å². The minimum absolute atomic E-state index is 0.628. The van der Waals surface area contributed by atoms with Crippen LogP contribution in [0.2, 0.25) is 0 Å². The molecule has 0 amide bonds. The van der Waals surface area contributed by atoms with Crippen molar-refractivity contribution in [1.82, 2.24) is 10.6 Å². The van der Waals surface area contributed by atoms with Crippen molar-refractivity contribution in [3.63, 3.8) is 0 Å². The van der Waals surface area contributed by atoms with Gasteiger partial charge in [0.05, 0.1) is 0 Å². The molecular weight excluding hydrogens is 156 g/mol. The van der Waals surface area contributed by atoms with Gasteiger partial charge in [0.1, 0.15) is 0 Å². The SMILES string of the molecule is CNC(=S)NC1CCCCC1. The highest BCUT2D eigenvalue weighted by Gasteiger charge is 2.12. The molecule has 1 aliphatic rings. The highest BCUT2D eigenvalue weighted by molar-refractivity contribution is 7.80. The van der Waals surface area contributed by atoms with Crippen LogP contribution in [0.4, 0.5) is 0 Å². The van der Waals surface area contributed by atoms with Crippen molar-refractivity contribution < 1.29 is 0 Å². The van der Waals surface area contributed by atoms with Crippen LogP contribution in [-0.2, 0) is 0 Å². The Hall–Kier alpha value is -0.310. The molecule has 0 unspecified atom stereocenters. The van der Waals surface area contributed by atoms with Gasteiger partial charge < -0.3 is 10.6 Å². The molecule has 0 aromatic carbocycles. The third kappa shape index (κ3) is 3.06. The summed E-state index contributed by atoms with van der Waals surface area (Å²) in [6.07, 6.45) is 6.65. The van der Waals surface area contributed by atoms with E-state index in [1.165, 1.54) is 32.1 Å². The van der Waals surface area contributed by atoms with Crippen molar-refractivity contribution >= 4 is 17.3 Å². The quantitative estimate of drug-likeness (QED) is 0.585. The van der Waals surface area contributed by atoms with Crippen LogP contribution < -0.4 is 10.6 Å². The molecular formula is C8H16N2S. The lowest BCUT2D eigenvalue weighted by Crippen LogP contribution is -2.41. The molecule has 0 aromatic rings. The lowest BCUT2D eigenvalue weighted by molar-refractivity contribution is 0.413. The fraction of sp³-hybridized carbons (Fsp3) is 0.875. The van der Waals surface area contributed by atoms with Gasteiger partial charge in [0.2, 0.25) is 0 Å². The van der Waals surface area contributed by atoms with Crippen molar-refractivity contribution in [2.75, 3.05) is 7.05 Å². The molecule has 2 N–H and O–H groups in total. The van der Waals surface area contributed by atoms with Crippen LogP contribution in [0, 0.1) is 0 Å². The average molecular weight is 172 g/mol. The third-order valence-corrected chi connectivity index (χ3v) is 2.49. The standard InChI is InChI=1S/C8H16N2S/c1-9-8(11)10-7-5-3-2-4-6-7/h7H,2-6H2,1H3,(H2,9,10,11). The Morgan fingerprint density at radius 3 is 2.45 bits per heavy atom. The first-order chi connectivity index (χ1) is 5.33. The van der Waals surface area contributed by atoms with Gasteiger partial charge >= 0.3 is 0 Å². The van der Waals surface area contributed by atoms with Gasteiger partial charge in [-0.05, 0) is 25.1 Å². The van der Waals surface area contributed by atoms with Crippen LogP contribution in [0.3, 0.4) is 0 Å². The highest BCUT2D eigenvalue weighted by atomic mass is 32.1. The van der Waals surface area contributed by atoms with Crippen molar-refractivity contribution in [3.05, 3.63) is 0 Å². The Morgan fingerprint density at radius 2 is 1.91 bits per heavy atom. The summed E-state index contributed by atoms with van der Waals surface area (Å²) >= 11 is 5.01. The van der Waals surface area contributed by atoms with E-state index in [4.69, 9.17) is 12.2 Å². The monoisotopic (exact) mass is 172 g/mol. The minimum Gasteiger partial charge on any atom is -0.366 e. The normalized spacial score (nSPS) is 19.4. The van der Waals surface area contributed by atoms with E-state index in [1.54, 1.807) is 0 Å². The van der Waals surface area contributed by atoms with Gasteiger partial charge in [-0.2, -0.15) is 0 Å². The maximum Gasteiger partial charge on any atom is 0.166 e. The number of hydrogen-bond donors (Lipinski definition) is 2. The maximum atomic E-state index is 5.01. The lowest BCUT2D eigenvalue weighted by Gasteiger charge is -2.23. The summed E-state index contributed by atoms with van der Waals surface area (Å²) in [5.41, 5.74) is 0. The predicted molar refractivity (Wildman–Crippen MR) is 51.7 cm³/mol. The number of nitrogens with one attached hydrogen (secondary N) is 2. The summed E-state index contributed by atoms with van der Waals surface area (Å²) in [6.45, 7) is 0. The first kappa shape index (κ1) is 8.78. The van der Waals surface area contributed by atoms with Crippen molar-refractivity contribution in [2.24, 2.45) is 0 Å². The van der Waals surface area contributed by atoms with E-state index in [-0.39, 0.29) is 0 Å². The Balaban J connectivity index is 2.19. The van der Waals surface area contributed by atoms with Crippen LogP contribution in [0.15, 0.2) is 0 Å². The van der Waals surface area contributed by atoms with E-state index < -0.39 is 0 Å². The fourth-order valence-corrected chi connectivity index (χ4v) is 1.67. The highest BCUT2D eigenvalue weighted by Crippen LogP contribution is 2.16. The zero-order valence-electron chi connectivity index (χ0n) is 7.02. The molecule has 0 spiro atoms. The van der Waals surface area contributed by atoms with Crippen molar-refractivity contribution in [3.8, 4) is 0 Å². The molecule has 0 atom stereocenters. The van der Waals surface area contributed by atoms with Gasteiger partial charge in [-0.3, -0.25) is 0 Å². The maximum absolute atomic E-state index is 5.01. The molecule has 1 rings (SSSR count). The summed E-state index contributed by atoms with van der Waals surface area (Å²) in [4.78, 5) is 0. The van der Waals surface area contributed by atoms with Gasteiger partial charge in [0, 0.05) is 13.1 Å². The number of hydrogen-bond acceptors (Lipinski definition) is 1. The predicted octanol–water partition coefficient (Wildman–Crippen LogP) is 1.41. The van der Waals surface area contributed by atoms with Crippen molar-refractivity contribution in [2.45, 2.75) is 38.1 Å². The smallest absolute Gasteiger partial charge is 0.166 e. The van der Waals surface area contributed by atoms with E-state index in [0.29, 0.717) is 6.04 Å². The minimum atomic E-state index is 0.628. The van der Waals surface area contributed by atoms with Crippen LogP contribution in [0.1, 0.15) is 32.1 Å².